The summed E-state index contributed by atoms with van der Waals surface area (Å²) < 4.78 is 17.6. The first-order valence-electron chi connectivity index (χ1n) is 35.4. The van der Waals surface area contributed by atoms with Gasteiger partial charge in [0, 0.05) is 103 Å². The van der Waals surface area contributed by atoms with Crippen molar-refractivity contribution >= 4 is 103 Å². The lowest BCUT2D eigenvalue weighted by Gasteiger charge is -2.47. The number of hydrogen-bond donors (Lipinski definition) is 9. The number of ether oxygens (including phenoxy) is 3. The molecule has 5 heterocycles. The fraction of sp³-hybridized carbons (Fsp3) is 0.195. The first-order valence-corrected chi connectivity index (χ1v) is 35.9. The van der Waals surface area contributed by atoms with E-state index in [-0.39, 0.29) is 54.8 Å². The zero-order valence-electron chi connectivity index (χ0n) is 56.4. The van der Waals surface area contributed by atoms with Crippen LogP contribution in [0.25, 0.3) is 66.3 Å². The number of piperazine rings is 2. The molecule has 8 aliphatic carbocycles. The standard InChI is InChI=1S/C87H68N8O7S/c1-40-17-24-50-67-51(29-22-47(37-100-2)61(40)67)75-74(50)92-84-66(42-13-8-5-9-14-42)85-87(95-79-57-32-31-49(59-39-102-59)64-46(36-99)21-28-56(70(57)64)78(79)93-85)71(86(84)94-75)60(103)16-10-15-58-80-82(90-76-53-26-19-44(34-97)62-43(33-96)18-25-52(68(53)62)72(76)88-80)65(41-11-6-4-7-12-41)83-81(58)89-73-54-27-20-45(35-98)63-48(38-101-3)23-30-55(69(54)63)77(73)91-83/h4-35,53,59,68,72,76,78-79,81,83,86,88-91,93-95,99,103H,36-39H2,1-3H3. The molecule has 10 atom stereocenters. The van der Waals surface area contributed by atoms with Crippen molar-refractivity contribution in [2.45, 2.75) is 75.1 Å². The van der Waals surface area contributed by atoms with Crippen LogP contribution in [0.15, 0.2) is 242 Å². The van der Waals surface area contributed by atoms with Gasteiger partial charge in [-0.1, -0.05) is 170 Å². The predicted octanol–water partition coefficient (Wildman–Crippen LogP) is 12.5. The van der Waals surface area contributed by atoms with E-state index in [0.717, 1.165) is 197 Å². The molecule has 4 fully saturated rings. The number of carbonyl (C=O) groups excluding carboxylic acids is 3. The summed E-state index contributed by atoms with van der Waals surface area (Å²) in [7, 11) is 3.43. The minimum atomic E-state index is -0.522. The summed E-state index contributed by atoms with van der Waals surface area (Å²) in [5.74, 6) is -0.298. The highest BCUT2D eigenvalue weighted by molar-refractivity contribution is 7.84. The zero-order valence-corrected chi connectivity index (χ0v) is 57.3. The first-order chi connectivity index (χ1) is 50.7. The van der Waals surface area contributed by atoms with Crippen LogP contribution in [0.5, 0.6) is 0 Å². The molecule has 0 aromatic heterocycles. The van der Waals surface area contributed by atoms with Crippen molar-refractivity contribution < 1.29 is 33.7 Å². The van der Waals surface area contributed by atoms with Crippen LogP contribution in [-0.2, 0) is 43.6 Å². The number of nitrogens with one attached hydrogen (secondary N) is 7. The summed E-state index contributed by atoms with van der Waals surface area (Å²) in [4.78, 5) is 45.5. The molecular weight excluding hydrogens is 1300 g/mol. The predicted molar refractivity (Wildman–Crippen MR) is 404 cm³/mol. The Kier molecular flexibility index (Phi) is 13.4. The quantitative estimate of drug-likeness (QED) is 0.0216. The van der Waals surface area contributed by atoms with Gasteiger partial charge in [-0.05, 0) is 95.8 Å². The van der Waals surface area contributed by atoms with Gasteiger partial charge in [0.1, 0.15) is 18.7 Å². The van der Waals surface area contributed by atoms with Crippen LogP contribution in [0.4, 0.5) is 0 Å². The Morgan fingerprint density at radius 1 is 0.583 bits per heavy atom. The van der Waals surface area contributed by atoms with Gasteiger partial charge in [0.2, 0.25) is 0 Å². The summed E-state index contributed by atoms with van der Waals surface area (Å²) in [5, 5.41) is 47.0. The van der Waals surface area contributed by atoms with Gasteiger partial charge >= 0.3 is 0 Å². The highest BCUT2D eigenvalue weighted by Crippen LogP contribution is 2.58. The van der Waals surface area contributed by atoms with Gasteiger partial charge in [-0.25, -0.2) is 4.99 Å². The summed E-state index contributed by atoms with van der Waals surface area (Å²) in [6.07, 6.45) is 17.2. The second-order valence-electron chi connectivity index (χ2n) is 28.9. The van der Waals surface area contributed by atoms with Crippen LogP contribution in [0.2, 0.25) is 0 Å². The van der Waals surface area contributed by atoms with Crippen molar-refractivity contribution in [3.63, 3.8) is 0 Å². The first kappa shape index (κ1) is 60.6. The Labute approximate surface area is 598 Å². The van der Waals surface area contributed by atoms with Gasteiger partial charge in [0.15, 0.2) is 6.29 Å². The number of aliphatic hydroxyl groups is 1. The monoisotopic (exact) mass is 1370 g/mol. The van der Waals surface area contributed by atoms with E-state index in [1.807, 2.05) is 24.3 Å². The molecule has 1 saturated carbocycles. The van der Waals surface area contributed by atoms with Gasteiger partial charge in [-0.3, -0.25) is 14.4 Å². The van der Waals surface area contributed by atoms with Crippen molar-refractivity contribution in [1.29, 1.82) is 0 Å². The van der Waals surface area contributed by atoms with Crippen LogP contribution >= 0.6 is 12.6 Å². The van der Waals surface area contributed by atoms with E-state index in [2.05, 4.69) is 196 Å². The number of fused-ring (bicyclic) bond motifs is 14. The molecule has 5 aliphatic heterocycles. The average molecular weight is 1370 g/mol. The van der Waals surface area contributed by atoms with Crippen molar-refractivity contribution in [3.8, 4) is 0 Å². The summed E-state index contributed by atoms with van der Waals surface area (Å²) in [6.45, 7) is 3.53. The number of nitrogens with zero attached hydrogens (tertiary/aromatic N) is 1. The van der Waals surface area contributed by atoms with E-state index < -0.39 is 12.1 Å². The number of hydrogen-bond acceptors (Lipinski definition) is 16. The lowest BCUT2D eigenvalue weighted by Crippen LogP contribution is -2.60. The number of aliphatic hydroxyl groups excluding tert-OH is 1. The lowest BCUT2D eigenvalue weighted by atomic mass is 9.74. The van der Waals surface area contributed by atoms with E-state index in [0.29, 0.717) is 41.4 Å². The maximum atomic E-state index is 13.0. The number of benzene rings is 8. The van der Waals surface area contributed by atoms with Crippen LogP contribution < -0.4 is 37.2 Å². The molecule has 504 valence electrons. The minimum Gasteiger partial charge on any atom is -0.392 e. The van der Waals surface area contributed by atoms with Crippen molar-refractivity contribution in [3.05, 3.63) is 315 Å². The Bertz CT molecular complexity index is 5780. The third-order valence-electron chi connectivity index (χ3n) is 23.9. The molecule has 0 radical (unpaired) electrons. The number of allylic oxidation sites excluding steroid dienone is 8. The van der Waals surface area contributed by atoms with Crippen LogP contribution in [-0.4, -0.2) is 80.7 Å². The van der Waals surface area contributed by atoms with Crippen LogP contribution in [0, 0.1) is 18.8 Å². The highest BCUT2D eigenvalue weighted by atomic mass is 32.1. The van der Waals surface area contributed by atoms with Gasteiger partial charge in [-0.15, -0.1) is 12.6 Å². The lowest BCUT2D eigenvalue weighted by molar-refractivity contribution is -0.105. The van der Waals surface area contributed by atoms with E-state index in [4.69, 9.17) is 31.8 Å². The molecule has 15 nitrogen and oxygen atoms in total. The van der Waals surface area contributed by atoms with Crippen LogP contribution in [0.3, 0.4) is 0 Å². The molecule has 21 rings (SSSR count). The third-order valence-corrected chi connectivity index (χ3v) is 24.3. The molecule has 0 spiro atoms. The molecule has 0 amide bonds. The van der Waals surface area contributed by atoms with Gasteiger partial charge in [0.25, 0.3) is 0 Å². The molecule has 8 aromatic carbocycles. The number of aldehydes is 3. The molecule has 103 heavy (non-hydrogen) atoms. The van der Waals surface area contributed by atoms with Crippen molar-refractivity contribution in [1.82, 2.24) is 37.2 Å². The largest absolute Gasteiger partial charge is 0.392 e. The Morgan fingerprint density at radius 2 is 1.23 bits per heavy atom. The number of aliphatic imine (C=N–C) groups is 1. The minimum absolute atomic E-state index is 0.0265. The average Bonchev–Trinajstić information content (AvgIpc) is 1.59. The summed E-state index contributed by atoms with van der Waals surface area (Å²) >= 11 is 5.78. The summed E-state index contributed by atoms with van der Waals surface area (Å²) in [6, 6.07) is 44.8. The zero-order chi connectivity index (χ0) is 68.9. The van der Waals surface area contributed by atoms with E-state index in [1.54, 1.807) is 14.2 Å². The smallest absolute Gasteiger partial charge is 0.150 e. The van der Waals surface area contributed by atoms with E-state index in [1.165, 1.54) is 10.9 Å². The van der Waals surface area contributed by atoms with E-state index >= 15 is 0 Å². The van der Waals surface area contributed by atoms with E-state index in [9.17, 15) is 19.5 Å². The molecule has 8 N–H and O–H groups in total. The second kappa shape index (κ2) is 22.7. The fourth-order valence-electron chi connectivity index (χ4n) is 19.7. The van der Waals surface area contributed by atoms with Crippen LogP contribution in [0.1, 0.15) is 101 Å². The highest BCUT2D eigenvalue weighted by Gasteiger charge is 2.56. The summed E-state index contributed by atoms with van der Waals surface area (Å²) in [5.41, 5.74) is 29.4. The SMILES string of the molecule is COCc1ccc2c3c(ccc(C)c13)C1=C2NC2C(=N1)C(c1ccccc1)=C1NC3c4ccc(CO)c5c(C6CO6)ccc(c45)C3NC1=C2C(S)=CC=CC1=C2NC3C4=CC=C(C=O)C5=C(C=O)C=CC(C45)C3NC2=C(c2ccccc2)C2NC3=C(NC12)c1ccc(C=O)c2c(COC)ccc3c12. The fourth-order valence-corrected chi connectivity index (χ4v) is 20.0. The second-order valence-corrected chi connectivity index (χ2v) is 29.4. The molecule has 8 aromatic rings. The number of methoxy groups -OCH3 is 2. The van der Waals surface area contributed by atoms with Gasteiger partial charge in [-0.2, -0.15) is 0 Å². The number of carbonyl (C=O) groups is 3. The Hall–Kier alpha value is -11.1. The maximum absolute atomic E-state index is 13.0. The third kappa shape index (κ3) is 8.43. The molecular formula is C87H68N8O7S. The molecule has 13 aliphatic rings. The van der Waals surface area contributed by atoms with Crippen molar-refractivity contribution in [2.75, 3.05) is 20.8 Å². The van der Waals surface area contributed by atoms with Gasteiger partial charge < -0.3 is 56.5 Å². The molecule has 3 saturated heterocycles. The Balaban J connectivity index is 0.771. The number of aryl methyl sites for hydroxylation is 1. The topological polar surface area (TPSA) is 199 Å². The number of epoxide rings is 1. The number of thiol groups is 1. The maximum Gasteiger partial charge on any atom is 0.150 e. The molecule has 16 heteroatoms. The number of rotatable bonds is 14. The molecule has 10 unspecified atom stereocenters. The van der Waals surface area contributed by atoms with Crippen molar-refractivity contribution in [2.24, 2.45) is 16.8 Å². The molecule has 0 bridgehead atoms. The Morgan fingerprint density at radius 3 is 1.95 bits per heavy atom. The normalized spacial score (nSPS) is 25.8. The van der Waals surface area contributed by atoms with Gasteiger partial charge in [0.05, 0.1) is 120 Å².